The van der Waals surface area contributed by atoms with Crippen molar-refractivity contribution in [1.29, 1.82) is 0 Å². The van der Waals surface area contributed by atoms with E-state index in [4.69, 9.17) is 10.5 Å². The zero-order chi connectivity index (χ0) is 12.5. The first-order valence-electron chi connectivity index (χ1n) is 6.05. The second-order valence-corrected chi connectivity index (χ2v) is 4.37. The maximum absolute atomic E-state index is 11.5. The van der Waals surface area contributed by atoms with Gasteiger partial charge in [-0.25, -0.2) is 0 Å². The molecule has 0 radical (unpaired) electrons. The minimum Gasteiger partial charge on any atom is -0.376 e. The first kappa shape index (κ1) is 13.9. The summed E-state index contributed by atoms with van der Waals surface area (Å²) in [5.41, 5.74) is 6.60. The van der Waals surface area contributed by atoms with Crippen molar-refractivity contribution in [2.45, 2.75) is 26.4 Å². The Morgan fingerprint density at radius 2 is 2.06 bits per heavy atom. The Bertz CT molecular complexity index is 324. The summed E-state index contributed by atoms with van der Waals surface area (Å²) < 4.78 is 5.45. The molecule has 17 heavy (non-hydrogen) atoms. The Morgan fingerprint density at radius 1 is 1.35 bits per heavy atom. The van der Waals surface area contributed by atoms with Gasteiger partial charge in [0.1, 0.15) is 5.78 Å². The molecule has 94 valence electrons. The number of Topliss-reactive ketones (excluding diaryl/α,β-unsaturated/α-hetero) is 1. The predicted molar refractivity (Wildman–Crippen MR) is 68.6 cm³/mol. The van der Waals surface area contributed by atoms with E-state index in [1.54, 1.807) is 0 Å². The number of rotatable bonds is 8. The van der Waals surface area contributed by atoms with E-state index in [9.17, 15) is 4.79 Å². The number of hydrogen-bond acceptors (Lipinski definition) is 3. The molecule has 0 fully saturated rings. The summed E-state index contributed by atoms with van der Waals surface area (Å²) in [5, 5.41) is 0. The van der Waals surface area contributed by atoms with Crippen LogP contribution >= 0.6 is 0 Å². The molecule has 0 aliphatic heterocycles. The maximum atomic E-state index is 11.5. The second-order valence-electron chi connectivity index (χ2n) is 4.37. The molecule has 0 spiro atoms. The van der Waals surface area contributed by atoms with E-state index in [1.165, 1.54) is 0 Å². The standard InChI is InChI=1S/C14H21NO2/c1-12(10-15)9-14(16)7-8-17-11-13-5-3-2-4-6-13/h2-6,12H,7-11,15H2,1H3. The SMILES string of the molecule is CC(CN)CC(=O)CCOCc1ccccc1. The summed E-state index contributed by atoms with van der Waals surface area (Å²) in [4.78, 5) is 11.5. The number of carbonyl (C=O) groups is 1. The quantitative estimate of drug-likeness (QED) is 0.702. The molecule has 2 N–H and O–H groups in total. The highest BCUT2D eigenvalue weighted by Crippen LogP contribution is 2.04. The normalized spacial score (nSPS) is 12.4. The van der Waals surface area contributed by atoms with Crippen molar-refractivity contribution >= 4 is 5.78 Å². The highest BCUT2D eigenvalue weighted by Gasteiger charge is 2.07. The molecule has 0 aliphatic carbocycles. The Balaban J connectivity index is 2.10. The third-order valence-corrected chi connectivity index (χ3v) is 2.62. The summed E-state index contributed by atoms with van der Waals surface area (Å²) in [7, 11) is 0. The highest BCUT2D eigenvalue weighted by molar-refractivity contribution is 5.78. The Labute approximate surface area is 103 Å². The van der Waals surface area contributed by atoms with E-state index in [0.29, 0.717) is 32.6 Å². The van der Waals surface area contributed by atoms with Crippen molar-refractivity contribution in [3.05, 3.63) is 35.9 Å². The van der Waals surface area contributed by atoms with E-state index in [-0.39, 0.29) is 11.7 Å². The number of ketones is 1. The molecule has 1 aromatic carbocycles. The average Bonchev–Trinajstić information content (AvgIpc) is 2.36. The monoisotopic (exact) mass is 235 g/mol. The number of benzene rings is 1. The van der Waals surface area contributed by atoms with Gasteiger partial charge in [0.15, 0.2) is 0 Å². The smallest absolute Gasteiger partial charge is 0.135 e. The van der Waals surface area contributed by atoms with Crippen LogP contribution in [0.2, 0.25) is 0 Å². The average molecular weight is 235 g/mol. The Hall–Kier alpha value is -1.19. The van der Waals surface area contributed by atoms with Crippen LogP contribution < -0.4 is 5.73 Å². The van der Waals surface area contributed by atoms with Crippen LogP contribution in [0, 0.1) is 5.92 Å². The molecule has 0 bridgehead atoms. The van der Waals surface area contributed by atoms with Crippen LogP contribution in [0.3, 0.4) is 0 Å². The van der Waals surface area contributed by atoms with Gasteiger partial charge in [-0.1, -0.05) is 37.3 Å². The molecule has 0 heterocycles. The Morgan fingerprint density at radius 3 is 2.71 bits per heavy atom. The molecule has 1 unspecified atom stereocenters. The highest BCUT2D eigenvalue weighted by atomic mass is 16.5. The van der Waals surface area contributed by atoms with Crippen LogP contribution in [-0.4, -0.2) is 18.9 Å². The van der Waals surface area contributed by atoms with E-state index in [0.717, 1.165) is 5.56 Å². The zero-order valence-electron chi connectivity index (χ0n) is 10.4. The first-order valence-corrected chi connectivity index (χ1v) is 6.05. The van der Waals surface area contributed by atoms with Gasteiger partial charge < -0.3 is 10.5 Å². The lowest BCUT2D eigenvalue weighted by Gasteiger charge is -2.07. The van der Waals surface area contributed by atoms with Gasteiger partial charge in [-0.3, -0.25) is 4.79 Å². The van der Waals surface area contributed by atoms with Gasteiger partial charge in [0.25, 0.3) is 0 Å². The fourth-order valence-corrected chi connectivity index (χ4v) is 1.52. The summed E-state index contributed by atoms with van der Waals surface area (Å²) >= 11 is 0. The largest absolute Gasteiger partial charge is 0.376 e. The third-order valence-electron chi connectivity index (χ3n) is 2.62. The lowest BCUT2D eigenvalue weighted by Crippen LogP contribution is -2.16. The predicted octanol–water partition coefficient (Wildman–Crippen LogP) is 2.15. The van der Waals surface area contributed by atoms with E-state index in [2.05, 4.69) is 0 Å². The van der Waals surface area contributed by atoms with Gasteiger partial charge in [0, 0.05) is 12.8 Å². The molecule has 1 rings (SSSR count). The lowest BCUT2D eigenvalue weighted by molar-refractivity contribution is -0.121. The minimum absolute atomic E-state index is 0.232. The molecule has 0 aliphatic rings. The number of nitrogens with two attached hydrogens (primary N) is 1. The third kappa shape index (κ3) is 6.19. The summed E-state index contributed by atoms with van der Waals surface area (Å²) in [6.07, 6.45) is 1.04. The van der Waals surface area contributed by atoms with Crippen molar-refractivity contribution in [1.82, 2.24) is 0 Å². The summed E-state index contributed by atoms with van der Waals surface area (Å²) in [6.45, 7) is 3.62. The van der Waals surface area contributed by atoms with Crippen LogP contribution in [0.1, 0.15) is 25.3 Å². The van der Waals surface area contributed by atoms with Crippen molar-refractivity contribution in [2.24, 2.45) is 11.7 Å². The first-order chi connectivity index (χ1) is 8.22. The molecule has 0 saturated carbocycles. The van der Waals surface area contributed by atoms with Crippen molar-refractivity contribution in [3.63, 3.8) is 0 Å². The fourth-order valence-electron chi connectivity index (χ4n) is 1.52. The lowest BCUT2D eigenvalue weighted by atomic mass is 10.0. The Kier molecular flexibility index (Phi) is 6.51. The molecule has 1 aromatic rings. The van der Waals surface area contributed by atoms with Crippen molar-refractivity contribution < 1.29 is 9.53 Å². The molecule has 0 aromatic heterocycles. The number of carbonyl (C=O) groups excluding carboxylic acids is 1. The molecule has 0 amide bonds. The fraction of sp³-hybridized carbons (Fsp3) is 0.500. The van der Waals surface area contributed by atoms with Gasteiger partial charge in [-0.2, -0.15) is 0 Å². The van der Waals surface area contributed by atoms with Gasteiger partial charge in [-0.05, 0) is 18.0 Å². The van der Waals surface area contributed by atoms with Crippen LogP contribution in [0.4, 0.5) is 0 Å². The van der Waals surface area contributed by atoms with Crippen molar-refractivity contribution in [3.8, 4) is 0 Å². The van der Waals surface area contributed by atoms with Gasteiger partial charge in [0.2, 0.25) is 0 Å². The molecule has 1 atom stereocenters. The van der Waals surface area contributed by atoms with Gasteiger partial charge in [0.05, 0.1) is 13.2 Å². The maximum Gasteiger partial charge on any atom is 0.135 e. The van der Waals surface area contributed by atoms with Crippen LogP contribution in [-0.2, 0) is 16.1 Å². The molecule has 3 heteroatoms. The van der Waals surface area contributed by atoms with E-state index >= 15 is 0 Å². The summed E-state index contributed by atoms with van der Waals surface area (Å²) in [6, 6.07) is 9.96. The molecular formula is C14H21NO2. The number of ether oxygens (including phenoxy) is 1. The van der Waals surface area contributed by atoms with Crippen LogP contribution in [0.15, 0.2) is 30.3 Å². The molecule has 3 nitrogen and oxygen atoms in total. The van der Waals surface area contributed by atoms with E-state index < -0.39 is 0 Å². The molecule has 0 saturated heterocycles. The minimum atomic E-state index is 0.232. The van der Waals surface area contributed by atoms with Gasteiger partial charge >= 0.3 is 0 Å². The van der Waals surface area contributed by atoms with E-state index in [1.807, 2.05) is 37.3 Å². The second kappa shape index (κ2) is 7.98. The van der Waals surface area contributed by atoms with Crippen LogP contribution in [0.5, 0.6) is 0 Å². The number of hydrogen-bond donors (Lipinski definition) is 1. The van der Waals surface area contributed by atoms with Gasteiger partial charge in [-0.15, -0.1) is 0 Å². The molecular weight excluding hydrogens is 214 g/mol. The van der Waals surface area contributed by atoms with Crippen molar-refractivity contribution in [2.75, 3.05) is 13.2 Å². The summed E-state index contributed by atoms with van der Waals surface area (Å²) in [5.74, 6) is 0.507. The zero-order valence-corrected chi connectivity index (χ0v) is 10.4. The van der Waals surface area contributed by atoms with Crippen LogP contribution in [0.25, 0.3) is 0 Å². The topological polar surface area (TPSA) is 52.3 Å².